The standard InChI is InChI=1S/C25H27NO5/c1-5-30-17-11-10-14-8-6-7-9-15(14)19(17)21-20-16(27)12-25(2,3)13-18(20)31-23(26)22(21)24(28)29-4/h6-11,21H,5,12-13,26H2,1-4H3/t21-/m0/s1. The van der Waals surface area contributed by atoms with Crippen LogP contribution in [-0.4, -0.2) is 25.5 Å². The first-order chi connectivity index (χ1) is 14.8. The van der Waals surface area contributed by atoms with E-state index in [9.17, 15) is 9.59 Å². The summed E-state index contributed by atoms with van der Waals surface area (Å²) in [6, 6.07) is 11.7. The number of rotatable bonds is 4. The number of benzene rings is 2. The smallest absolute Gasteiger partial charge is 0.340 e. The topological polar surface area (TPSA) is 87.8 Å². The molecule has 0 amide bonds. The lowest BCUT2D eigenvalue weighted by atomic mass is 9.69. The molecule has 1 atom stereocenters. The van der Waals surface area contributed by atoms with Crippen LogP contribution in [0.3, 0.4) is 0 Å². The van der Waals surface area contributed by atoms with Crippen LogP contribution in [0, 0.1) is 5.41 Å². The van der Waals surface area contributed by atoms with Crippen molar-refractivity contribution in [2.45, 2.75) is 39.5 Å². The van der Waals surface area contributed by atoms with Crippen LogP contribution in [0.2, 0.25) is 0 Å². The van der Waals surface area contributed by atoms with Gasteiger partial charge in [0.05, 0.1) is 19.6 Å². The lowest BCUT2D eigenvalue weighted by Gasteiger charge is -2.38. The van der Waals surface area contributed by atoms with Gasteiger partial charge in [-0.15, -0.1) is 0 Å². The number of hydrogen-bond donors (Lipinski definition) is 1. The number of ether oxygens (including phenoxy) is 3. The average molecular weight is 421 g/mol. The third kappa shape index (κ3) is 3.56. The fraction of sp³-hybridized carbons (Fsp3) is 0.360. The molecule has 31 heavy (non-hydrogen) atoms. The van der Waals surface area contributed by atoms with Gasteiger partial charge < -0.3 is 19.9 Å². The first-order valence-corrected chi connectivity index (χ1v) is 10.4. The van der Waals surface area contributed by atoms with Crippen molar-refractivity contribution in [1.82, 2.24) is 0 Å². The molecule has 0 aromatic heterocycles. The van der Waals surface area contributed by atoms with E-state index in [2.05, 4.69) is 0 Å². The summed E-state index contributed by atoms with van der Waals surface area (Å²) in [6.07, 6.45) is 0.906. The fourth-order valence-electron chi connectivity index (χ4n) is 4.64. The summed E-state index contributed by atoms with van der Waals surface area (Å²) in [7, 11) is 1.29. The van der Waals surface area contributed by atoms with E-state index in [4.69, 9.17) is 19.9 Å². The summed E-state index contributed by atoms with van der Waals surface area (Å²) >= 11 is 0. The SMILES string of the molecule is CCOc1ccc2ccccc2c1[C@@H]1C(C(=O)OC)=C(N)OC2=C1C(=O)CC(C)(C)C2. The van der Waals surface area contributed by atoms with Gasteiger partial charge in [0.1, 0.15) is 17.1 Å². The van der Waals surface area contributed by atoms with Gasteiger partial charge in [-0.25, -0.2) is 4.79 Å². The Morgan fingerprint density at radius 3 is 2.65 bits per heavy atom. The molecule has 2 N–H and O–H groups in total. The average Bonchev–Trinajstić information content (AvgIpc) is 2.71. The zero-order chi connectivity index (χ0) is 22.3. The highest BCUT2D eigenvalue weighted by Gasteiger charge is 2.46. The second-order valence-corrected chi connectivity index (χ2v) is 8.71. The minimum absolute atomic E-state index is 0.0310. The van der Waals surface area contributed by atoms with Crippen LogP contribution in [0.15, 0.2) is 59.2 Å². The van der Waals surface area contributed by atoms with Crippen LogP contribution < -0.4 is 10.5 Å². The predicted molar refractivity (Wildman–Crippen MR) is 117 cm³/mol. The molecule has 2 aromatic rings. The van der Waals surface area contributed by atoms with Crippen molar-refractivity contribution in [1.29, 1.82) is 0 Å². The fourth-order valence-corrected chi connectivity index (χ4v) is 4.64. The molecule has 0 unspecified atom stereocenters. The molecule has 1 aliphatic carbocycles. The van der Waals surface area contributed by atoms with Crippen LogP contribution in [0.25, 0.3) is 10.8 Å². The van der Waals surface area contributed by atoms with E-state index >= 15 is 0 Å². The Labute approximate surface area is 181 Å². The lowest BCUT2D eigenvalue weighted by molar-refractivity contribution is -0.136. The van der Waals surface area contributed by atoms with Gasteiger partial charge >= 0.3 is 5.97 Å². The van der Waals surface area contributed by atoms with Crippen molar-refractivity contribution < 1.29 is 23.8 Å². The van der Waals surface area contributed by atoms with Gasteiger partial charge in [0.2, 0.25) is 5.88 Å². The van der Waals surface area contributed by atoms with Crippen molar-refractivity contribution >= 4 is 22.5 Å². The van der Waals surface area contributed by atoms with Gasteiger partial charge in [0, 0.05) is 24.0 Å². The molecule has 6 nitrogen and oxygen atoms in total. The normalized spacial score (nSPS) is 20.4. The predicted octanol–water partition coefficient (Wildman–Crippen LogP) is 4.34. The molecule has 0 bridgehead atoms. The minimum atomic E-state index is -0.729. The van der Waals surface area contributed by atoms with E-state index in [1.807, 2.05) is 57.2 Å². The minimum Gasteiger partial charge on any atom is -0.494 e. The molecule has 162 valence electrons. The summed E-state index contributed by atoms with van der Waals surface area (Å²) in [5.74, 6) is -0.315. The van der Waals surface area contributed by atoms with E-state index < -0.39 is 11.9 Å². The van der Waals surface area contributed by atoms with Gasteiger partial charge in [-0.05, 0) is 29.2 Å². The summed E-state index contributed by atoms with van der Waals surface area (Å²) in [4.78, 5) is 26.3. The zero-order valence-electron chi connectivity index (χ0n) is 18.3. The molecule has 0 saturated heterocycles. The molecule has 4 rings (SSSR count). The van der Waals surface area contributed by atoms with Crippen LogP contribution in [-0.2, 0) is 19.1 Å². The third-order valence-electron chi connectivity index (χ3n) is 5.88. The van der Waals surface area contributed by atoms with Crippen molar-refractivity contribution in [2.24, 2.45) is 11.1 Å². The number of carbonyl (C=O) groups excluding carboxylic acids is 2. The van der Waals surface area contributed by atoms with Gasteiger partial charge in [0.15, 0.2) is 5.78 Å². The Balaban J connectivity index is 2.06. The van der Waals surface area contributed by atoms with E-state index in [0.717, 1.165) is 16.3 Å². The van der Waals surface area contributed by atoms with Crippen LogP contribution in [0.4, 0.5) is 0 Å². The summed E-state index contributed by atoms with van der Waals surface area (Å²) < 4.78 is 16.9. The second-order valence-electron chi connectivity index (χ2n) is 8.71. The molecule has 6 heteroatoms. The molecule has 0 spiro atoms. The molecular weight excluding hydrogens is 394 g/mol. The van der Waals surface area contributed by atoms with Crippen LogP contribution in [0.5, 0.6) is 5.75 Å². The summed E-state index contributed by atoms with van der Waals surface area (Å²) in [5, 5.41) is 1.86. The van der Waals surface area contributed by atoms with Crippen LogP contribution in [0.1, 0.15) is 45.1 Å². The third-order valence-corrected chi connectivity index (χ3v) is 5.88. The molecule has 1 aliphatic heterocycles. The van der Waals surface area contributed by atoms with Crippen molar-refractivity contribution in [2.75, 3.05) is 13.7 Å². The van der Waals surface area contributed by atoms with E-state index in [0.29, 0.717) is 36.5 Å². The van der Waals surface area contributed by atoms with E-state index in [1.54, 1.807) is 0 Å². The summed E-state index contributed by atoms with van der Waals surface area (Å²) in [6.45, 7) is 6.38. The van der Waals surface area contributed by atoms with Crippen molar-refractivity contribution in [3.63, 3.8) is 0 Å². The molecule has 0 fully saturated rings. The molecule has 0 radical (unpaired) electrons. The quantitative estimate of drug-likeness (QED) is 0.739. The van der Waals surface area contributed by atoms with Crippen LogP contribution >= 0.6 is 0 Å². The number of fused-ring (bicyclic) bond motifs is 1. The van der Waals surface area contributed by atoms with Gasteiger partial charge in [-0.1, -0.05) is 44.2 Å². The number of carbonyl (C=O) groups is 2. The molecule has 2 aliphatic rings. The molecule has 1 heterocycles. The largest absolute Gasteiger partial charge is 0.494 e. The Hall–Kier alpha value is -3.28. The highest BCUT2D eigenvalue weighted by molar-refractivity contribution is 6.05. The number of methoxy groups -OCH3 is 1. The molecule has 0 saturated carbocycles. The molecule has 2 aromatic carbocycles. The van der Waals surface area contributed by atoms with Gasteiger partial charge in [-0.3, -0.25) is 4.79 Å². The van der Waals surface area contributed by atoms with E-state index in [1.165, 1.54) is 7.11 Å². The molecular formula is C25H27NO5. The number of Topliss-reactive ketones (excluding diaryl/α,β-unsaturated/α-hetero) is 1. The first kappa shape index (κ1) is 21.0. The van der Waals surface area contributed by atoms with Crippen molar-refractivity contribution in [3.05, 3.63) is 64.8 Å². The maximum atomic E-state index is 13.4. The number of nitrogens with two attached hydrogens (primary N) is 1. The lowest BCUT2D eigenvalue weighted by Crippen LogP contribution is -2.35. The number of esters is 1. The Kier molecular flexibility index (Phi) is 5.25. The number of hydrogen-bond acceptors (Lipinski definition) is 6. The highest BCUT2D eigenvalue weighted by atomic mass is 16.5. The maximum absolute atomic E-state index is 13.4. The maximum Gasteiger partial charge on any atom is 0.340 e. The van der Waals surface area contributed by atoms with E-state index in [-0.39, 0.29) is 22.7 Å². The second kappa shape index (κ2) is 7.76. The Bertz CT molecular complexity index is 1140. The van der Waals surface area contributed by atoms with Gasteiger partial charge in [-0.2, -0.15) is 0 Å². The monoisotopic (exact) mass is 421 g/mol. The first-order valence-electron chi connectivity index (χ1n) is 10.4. The highest BCUT2D eigenvalue weighted by Crippen LogP contribution is 2.51. The van der Waals surface area contributed by atoms with Crippen molar-refractivity contribution in [3.8, 4) is 5.75 Å². The van der Waals surface area contributed by atoms with Gasteiger partial charge in [0.25, 0.3) is 0 Å². The Morgan fingerprint density at radius 1 is 1.19 bits per heavy atom. The number of allylic oxidation sites excluding steroid dienone is 2. The number of ketones is 1. The zero-order valence-corrected chi connectivity index (χ0v) is 18.3. The Morgan fingerprint density at radius 2 is 1.94 bits per heavy atom. The summed E-state index contributed by atoms with van der Waals surface area (Å²) in [5.41, 5.74) is 7.33.